The van der Waals surface area contributed by atoms with Crippen LogP contribution in [0.3, 0.4) is 0 Å². The maximum Gasteiger partial charge on any atom is 0.217 e. The van der Waals surface area contributed by atoms with Gasteiger partial charge < -0.3 is 10.1 Å². The maximum atomic E-state index is 10.9. The lowest BCUT2D eigenvalue weighted by Crippen LogP contribution is -2.58. The number of carbonyl (C=O) groups is 1. The van der Waals surface area contributed by atoms with Gasteiger partial charge in [-0.25, -0.2) is 0 Å². The van der Waals surface area contributed by atoms with Crippen molar-refractivity contribution < 1.29 is 9.53 Å². The third-order valence-corrected chi connectivity index (χ3v) is 2.50. The number of hydrogen-bond donors (Lipinski definition) is 1. The van der Waals surface area contributed by atoms with E-state index < -0.39 is 0 Å². The Balaban J connectivity index is 4.48. The molecule has 0 atom stereocenters. The third kappa shape index (κ3) is 2.48. The molecule has 0 radical (unpaired) electrons. The lowest BCUT2D eigenvalue weighted by Gasteiger charge is -2.40. The Hall–Kier alpha value is -0.570. The van der Waals surface area contributed by atoms with Gasteiger partial charge in [-0.15, -0.1) is 0 Å². The molecule has 0 aromatic rings. The second kappa shape index (κ2) is 3.44. The Morgan fingerprint density at radius 2 is 1.67 bits per heavy atom. The molecule has 0 aliphatic carbocycles. The number of carbonyl (C=O) groups excluding carboxylic acids is 1. The number of ether oxygens (including phenoxy) is 1. The van der Waals surface area contributed by atoms with Crippen molar-refractivity contribution in [3.8, 4) is 0 Å². The quantitative estimate of drug-likeness (QED) is 0.699. The van der Waals surface area contributed by atoms with Crippen LogP contribution in [0.4, 0.5) is 0 Å². The normalized spacial score (nSPS) is 12.8. The molecule has 0 rings (SSSR count). The van der Waals surface area contributed by atoms with Crippen LogP contribution in [0, 0.1) is 0 Å². The van der Waals surface area contributed by atoms with Gasteiger partial charge in [0.05, 0.1) is 11.1 Å². The molecule has 0 saturated carbocycles. The summed E-state index contributed by atoms with van der Waals surface area (Å²) in [6.45, 7) is 9.29. The summed E-state index contributed by atoms with van der Waals surface area (Å²) in [5.74, 6) is -0.0369. The van der Waals surface area contributed by atoms with Crippen LogP contribution >= 0.6 is 0 Å². The fourth-order valence-electron chi connectivity index (χ4n) is 0.846. The third-order valence-electron chi connectivity index (χ3n) is 2.50. The summed E-state index contributed by atoms with van der Waals surface area (Å²) in [6, 6.07) is 0. The average molecular weight is 173 g/mol. The topological polar surface area (TPSA) is 38.3 Å². The molecule has 0 heterocycles. The van der Waals surface area contributed by atoms with Crippen LogP contribution in [0.5, 0.6) is 0 Å². The van der Waals surface area contributed by atoms with Crippen LogP contribution in [-0.2, 0) is 9.53 Å². The SMILES string of the molecule is COC(C)(C)C(C)(C)NC(C)=O. The number of nitrogens with one attached hydrogen (secondary N) is 1. The van der Waals surface area contributed by atoms with E-state index in [9.17, 15) is 4.79 Å². The van der Waals surface area contributed by atoms with E-state index in [2.05, 4.69) is 5.32 Å². The highest BCUT2D eigenvalue weighted by molar-refractivity contribution is 5.73. The Morgan fingerprint density at radius 1 is 1.25 bits per heavy atom. The zero-order chi connectivity index (χ0) is 9.99. The minimum Gasteiger partial charge on any atom is -0.376 e. The van der Waals surface area contributed by atoms with Gasteiger partial charge in [0.25, 0.3) is 0 Å². The van der Waals surface area contributed by atoms with Crippen LogP contribution in [0.25, 0.3) is 0 Å². The van der Waals surface area contributed by atoms with Crippen molar-refractivity contribution in [2.75, 3.05) is 7.11 Å². The van der Waals surface area contributed by atoms with Crippen LogP contribution in [0.15, 0.2) is 0 Å². The van der Waals surface area contributed by atoms with E-state index in [-0.39, 0.29) is 17.0 Å². The number of amides is 1. The summed E-state index contributed by atoms with van der Waals surface area (Å²) < 4.78 is 5.29. The molecule has 3 nitrogen and oxygen atoms in total. The number of methoxy groups -OCH3 is 1. The fraction of sp³-hybridized carbons (Fsp3) is 0.889. The molecule has 0 saturated heterocycles. The van der Waals surface area contributed by atoms with Crippen LogP contribution in [0.1, 0.15) is 34.6 Å². The minimum atomic E-state index is -0.362. The fourth-order valence-corrected chi connectivity index (χ4v) is 0.846. The maximum absolute atomic E-state index is 10.9. The summed E-state index contributed by atoms with van der Waals surface area (Å²) in [7, 11) is 1.64. The highest BCUT2D eigenvalue weighted by Crippen LogP contribution is 2.23. The molecule has 0 aromatic carbocycles. The lowest BCUT2D eigenvalue weighted by atomic mass is 9.85. The second-order valence-electron chi connectivity index (χ2n) is 4.02. The Kier molecular flexibility index (Phi) is 3.27. The Morgan fingerprint density at radius 3 is 1.92 bits per heavy atom. The first kappa shape index (κ1) is 11.4. The Labute approximate surface area is 74.5 Å². The molecule has 0 bridgehead atoms. The average Bonchev–Trinajstić information content (AvgIpc) is 1.84. The van der Waals surface area contributed by atoms with Gasteiger partial charge in [0.1, 0.15) is 0 Å². The molecular weight excluding hydrogens is 154 g/mol. The van der Waals surface area contributed by atoms with Crippen LogP contribution in [0.2, 0.25) is 0 Å². The summed E-state index contributed by atoms with van der Waals surface area (Å²) >= 11 is 0. The number of hydrogen-bond acceptors (Lipinski definition) is 2. The van der Waals surface area contributed by atoms with Gasteiger partial charge in [0.15, 0.2) is 0 Å². The molecule has 1 amide bonds. The van der Waals surface area contributed by atoms with Gasteiger partial charge in [-0.2, -0.15) is 0 Å². The van der Waals surface area contributed by atoms with E-state index in [0.717, 1.165) is 0 Å². The van der Waals surface area contributed by atoms with E-state index in [4.69, 9.17) is 4.74 Å². The van der Waals surface area contributed by atoms with Crippen molar-refractivity contribution in [3.05, 3.63) is 0 Å². The molecule has 0 aromatic heterocycles. The molecular formula is C9H19NO2. The molecule has 3 heteroatoms. The predicted octanol–water partition coefficient (Wildman–Crippen LogP) is 1.33. The van der Waals surface area contributed by atoms with Gasteiger partial charge in [-0.05, 0) is 27.7 Å². The zero-order valence-electron chi connectivity index (χ0n) is 8.82. The monoisotopic (exact) mass is 173 g/mol. The van der Waals surface area contributed by atoms with Gasteiger partial charge in [-0.1, -0.05) is 0 Å². The van der Waals surface area contributed by atoms with Crippen molar-refractivity contribution >= 4 is 5.91 Å². The van der Waals surface area contributed by atoms with Gasteiger partial charge in [0, 0.05) is 14.0 Å². The predicted molar refractivity (Wildman–Crippen MR) is 49.0 cm³/mol. The summed E-state index contributed by atoms with van der Waals surface area (Å²) in [5, 5.41) is 2.85. The van der Waals surface area contributed by atoms with Crippen molar-refractivity contribution in [2.45, 2.75) is 45.8 Å². The van der Waals surface area contributed by atoms with Crippen molar-refractivity contribution in [1.29, 1.82) is 0 Å². The van der Waals surface area contributed by atoms with Crippen molar-refractivity contribution in [3.63, 3.8) is 0 Å². The molecule has 0 aliphatic heterocycles. The van der Waals surface area contributed by atoms with E-state index in [0.29, 0.717) is 0 Å². The first-order chi connectivity index (χ1) is 5.23. The van der Waals surface area contributed by atoms with Gasteiger partial charge >= 0.3 is 0 Å². The molecule has 1 N–H and O–H groups in total. The largest absolute Gasteiger partial charge is 0.376 e. The zero-order valence-corrected chi connectivity index (χ0v) is 8.82. The smallest absolute Gasteiger partial charge is 0.217 e. The molecule has 12 heavy (non-hydrogen) atoms. The minimum absolute atomic E-state index is 0.0369. The summed E-state index contributed by atoms with van der Waals surface area (Å²) in [5.41, 5.74) is -0.716. The molecule has 72 valence electrons. The summed E-state index contributed by atoms with van der Waals surface area (Å²) in [4.78, 5) is 10.9. The van der Waals surface area contributed by atoms with Crippen LogP contribution < -0.4 is 5.32 Å². The van der Waals surface area contributed by atoms with Gasteiger partial charge in [-0.3, -0.25) is 4.79 Å². The molecule has 0 fully saturated rings. The van der Waals surface area contributed by atoms with Crippen molar-refractivity contribution in [1.82, 2.24) is 5.32 Å². The first-order valence-electron chi connectivity index (χ1n) is 4.07. The van der Waals surface area contributed by atoms with Gasteiger partial charge in [0.2, 0.25) is 5.91 Å². The standard InChI is InChI=1S/C9H19NO2/c1-7(11)10-8(2,3)9(4,5)12-6/h1-6H3,(H,10,11). The van der Waals surface area contributed by atoms with E-state index in [1.54, 1.807) is 7.11 Å². The summed E-state index contributed by atoms with van der Waals surface area (Å²) in [6.07, 6.45) is 0. The highest BCUT2D eigenvalue weighted by atomic mass is 16.5. The Bertz CT molecular complexity index is 173. The first-order valence-corrected chi connectivity index (χ1v) is 4.07. The molecule has 0 unspecified atom stereocenters. The molecule has 0 spiro atoms. The van der Waals surface area contributed by atoms with E-state index >= 15 is 0 Å². The highest BCUT2D eigenvalue weighted by Gasteiger charge is 2.37. The van der Waals surface area contributed by atoms with Crippen molar-refractivity contribution in [2.24, 2.45) is 0 Å². The van der Waals surface area contributed by atoms with E-state index in [1.807, 2.05) is 27.7 Å². The van der Waals surface area contributed by atoms with Crippen LogP contribution in [-0.4, -0.2) is 24.2 Å². The molecule has 0 aliphatic rings. The van der Waals surface area contributed by atoms with E-state index in [1.165, 1.54) is 6.92 Å². The second-order valence-corrected chi connectivity index (χ2v) is 4.02. The lowest BCUT2D eigenvalue weighted by molar-refractivity contribution is -0.125. The number of rotatable bonds is 3.